The first-order valence-electron chi connectivity index (χ1n) is 11.7. The minimum Gasteiger partial charge on any atom is -0.493 e. The maximum absolute atomic E-state index is 12.8. The smallest absolute Gasteiger partial charge is 0.260 e. The molecule has 0 atom stereocenters. The minimum atomic E-state index is -0.164. The summed E-state index contributed by atoms with van der Waals surface area (Å²) in [5.74, 6) is 1.64. The summed E-state index contributed by atoms with van der Waals surface area (Å²) in [6, 6.07) is 11.2. The molecule has 3 rings (SSSR count). The zero-order valence-electron chi connectivity index (χ0n) is 21.1. The largest absolute Gasteiger partial charge is 0.493 e. The molecule has 7 nitrogen and oxygen atoms in total. The molecule has 1 aliphatic rings. The van der Waals surface area contributed by atoms with Gasteiger partial charge in [0.15, 0.2) is 18.1 Å². The van der Waals surface area contributed by atoms with E-state index in [1.807, 2.05) is 17.0 Å². The van der Waals surface area contributed by atoms with E-state index in [0.29, 0.717) is 43.0 Å². The number of benzene rings is 2. The molecule has 0 unspecified atom stereocenters. The predicted molar refractivity (Wildman–Crippen MR) is 132 cm³/mol. The van der Waals surface area contributed by atoms with Gasteiger partial charge in [0, 0.05) is 24.7 Å². The number of amides is 2. The van der Waals surface area contributed by atoms with Crippen LogP contribution in [0.25, 0.3) is 0 Å². The fourth-order valence-electron chi connectivity index (χ4n) is 4.11. The summed E-state index contributed by atoms with van der Waals surface area (Å²) < 4.78 is 16.5. The molecule has 7 heteroatoms. The molecule has 1 aliphatic heterocycles. The third kappa shape index (κ3) is 6.22. The molecule has 34 heavy (non-hydrogen) atoms. The fraction of sp³-hybridized carbons (Fsp3) is 0.481. The van der Waals surface area contributed by atoms with Crippen molar-refractivity contribution < 1.29 is 23.8 Å². The van der Waals surface area contributed by atoms with E-state index in [1.54, 1.807) is 32.4 Å². The van der Waals surface area contributed by atoms with Crippen molar-refractivity contribution in [1.82, 2.24) is 10.2 Å². The van der Waals surface area contributed by atoms with Gasteiger partial charge in [0.25, 0.3) is 11.8 Å². The van der Waals surface area contributed by atoms with Crippen LogP contribution in [0, 0.1) is 6.92 Å². The maximum atomic E-state index is 12.8. The first kappa shape index (κ1) is 25.4. The maximum Gasteiger partial charge on any atom is 0.260 e. The predicted octanol–water partition coefficient (Wildman–Crippen LogP) is 4.11. The third-order valence-electron chi connectivity index (χ3n) is 6.12. The molecular weight excluding hydrogens is 432 g/mol. The molecule has 0 saturated carbocycles. The monoisotopic (exact) mass is 468 g/mol. The van der Waals surface area contributed by atoms with Crippen LogP contribution < -0.4 is 19.5 Å². The fourth-order valence-corrected chi connectivity index (χ4v) is 4.11. The van der Waals surface area contributed by atoms with Crippen LogP contribution in [-0.4, -0.2) is 56.7 Å². The molecule has 1 fully saturated rings. The number of carbonyl (C=O) groups is 2. The van der Waals surface area contributed by atoms with Gasteiger partial charge in [-0.25, -0.2) is 0 Å². The topological polar surface area (TPSA) is 77.1 Å². The number of nitrogens with zero attached hydrogens (tertiary/aromatic N) is 1. The average Bonchev–Trinajstić information content (AvgIpc) is 2.82. The molecule has 1 N–H and O–H groups in total. The molecule has 2 aromatic rings. The standard InChI is InChI=1S/C27H36N2O5/c1-18-7-9-22(21(15-18)27(2,3)4)34-17-25(30)29-13-11-20(12-14-29)28-26(31)19-8-10-23(32-5)24(16-19)33-6/h7-10,15-16,20H,11-14,17H2,1-6H3,(H,28,31). The first-order valence-corrected chi connectivity index (χ1v) is 11.7. The molecule has 184 valence electrons. The van der Waals surface area contributed by atoms with Crippen LogP contribution in [0.3, 0.4) is 0 Å². The van der Waals surface area contributed by atoms with Gasteiger partial charge in [-0.15, -0.1) is 0 Å². The van der Waals surface area contributed by atoms with Gasteiger partial charge in [-0.05, 0) is 55.0 Å². The van der Waals surface area contributed by atoms with Crippen LogP contribution in [-0.2, 0) is 10.2 Å². The van der Waals surface area contributed by atoms with Crippen molar-refractivity contribution in [2.45, 2.75) is 52.0 Å². The highest BCUT2D eigenvalue weighted by molar-refractivity contribution is 5.95. The van der Waals surface area contributed by atoms with E-state index in [-0.39, 0.29) is 29.9 Å². The Morgan fingerprint density at radius 2 is 1.62 bits per heavy atom. The van der Waals surface area contributed by atoms with Crippen molar-refractivity contribution >= 4 is 11.8 Å². The molecule has 0 spiro atoms. The van der Waals surface area contributed by atoms with Gasteiger partial charge in [0.1, 0.15) is 5.75 Å². The number of aryl methyl sites for hydroxylation is 1. The summed E-state index contributed by atoms with van der Waals surface area (Å²) in [6.45, 7) is 9.64. The van der Waals surface area contributed by atoms with Crippen LogP contribution in [0.15, 0.2) is 36.4 Å². The van der Waals surface area contributed by atoms with E-state index in [0.717, 1.165) is 11.3 Å². The Morgan fingerprint density at radius 3 is 2.24 bits per heavy atom. The normalized spacial score (nSPS) is 14.5. The summed E-state index contributed by atoms with van der Waals surface area (Å²) in [4.78, 5) is 27.3. The van der Waals surface area contributed by atoms with Crippen molar-refractivity contribution in [2.75, 3.05) is 33.9 Å². The molecule has 0 bridgehead atoms. The van der Waals surface area contributed by atoms with Gasteiger partial charge >= 0.3 is 0 Å². The Balaban J connectivity index is 1.51. The number of piperidine rings is 1. The van der Waals surface area contributed by atoms with Gasteiger partial charge in [0.2, 0.25) is 0 Å². The quantitative estimate of drug-likeness (QED) is 0.662. The zero-order valence-corrected chi connectivity index (χ0v) is 21.1. The van der Waals surface area contributed by atoms with Gasteiger partial charge in [-0.2, -0.15) is 0 Å². The third-order valence-corrected chi connectivity index (χ3v) is 6.12. The number of carbonyl (C=O) groups excluding carboxylic acids is 2. The lowest BCUT2D eigenvalue weighted by molar-refractivity contribution is -0.134. The molecule has 0 aromatic heterocycles. The molecule has 1 heterocycles. The number of hydrogen-bond acceptors (Lipinski definition) is 5. The molecule has 1 saturated heterocycles. The lowest BCUT2D eigenvalue weighted by Gasteiger charge is -2.32. The van der Waals surface area contributed by atoms with Crippen LogP contribution in [0.5, 0.6) is 17.2 Å². The number of hydrogen-bond donors (Lipinski definition) is 1. The molecule has 0 aliphatic carbocycles. The van der Waals surface area contributed by atoms with Gasteiger partial charge in [-0.3, -0.25) is 9.59 Å². The molecule has 2 aromatic carbocycles. The Kier molecular flexibility index (Phi) is 8.07. The highest BCUT2D eigenvalue weighted by Gasteiger charge is 2.26. The summed E-state index contributed by atoms with van der Waals surface area (Å²) >= 11 is 0. The minimum absolute atomic E-state index is 0.00874. The van der Waals surface area contributed by atoms with E-state index in [4.69, 9.17) is 14.2 Å². The summed E-state index contributed by atoms with van der Waals surface area (Å²) in [5, 5.41) is 3.07. The highest BCUT2D eigenvalue weighted by atomic mass is 16.5. The van der Waals surface area contributed by atoms with Gasteiger partial charge in [-0.1, -0.05) is 38.5 Å². The lowest BCUT2D eigenvalue weighted by atomic mass is 9.85. The second kappa shape index (κ2) is 10.8. The molecular formula is C27H36N2O5. The van der Waals surface area contributed by atoms with Crippen LogP contribution >= 0.6 is 0 Å². The second-order valence-corrected chi connectivity index (χ2v) is 9.74. The van der Waals surface area contributed by atoms with E-state index >= 15 is 0 Å². The Hall–Kier alpha value is -3.22. The molecule has 0 radical (unpaired) electrons. The van der Waals surface area contributed by atoms with Crippen LogP contribution in [0.1, 0.15) is 55.1 Å². The molecule has 2 amide bonds. The number of likely N-dealkylation sites (tertiary alicyclic amines) is 1. The first-order chi connectivity index (χ1) is 16.1. The number of methoxy groups -OCH3 is 2. The van der Waals surface area contributed by atoms with E-state index in [2.05, 4.69) is 39.1 Å². The summed E-state index contributed by atoms with van der Waals surface area (Å²) in [5.41, 5.74) is 2.70. The average molecular weight is 469 g/mol. The van der Waals surface area contributed by atoms with Crippen LogP contribution in [0.4, 0.5) is 0 Å². The summed E-state index contributed by atoms with van der Waals surface area (Å²) in [7, 11) is 3.10. The van der Waals surface area contributed by atoms with Gasteiger partial charge in [0.05, 0.1) is 14.2 Å². The Labute approximate surface area is 202 Å². The number of rotatable bonds is 7. The van der Waals surface area contributed by atoms with Crippen LogP contribution in [0.2, 0.25) is 0 Å². The Bertz CT molecular complexity index is 1020. The highest BCUT2D eigenvalue weighted by Crippen LogP contribution is 2.32. The van der Waals surface area contributed by atoms with Crippen molar-refractivity contribution in [3.63, 3.8) is 0 Å². The zero-order chi connectivity index (χ0) is 24.9. The van der Waals surface area contributed by atoms with Gasteiger partial charge < -0.3 is 24.4 Å². The van der Waals surface area contributed by atoms with Crippen molar-refractivity contribution in [1.29, 1.82) is 0 Å². The van der Waals surface area contributed by atoms with E-state index in [1.165, 1.54) is 5.56 Å². The van der Waals surface area contributed by atoms with E-state index in [9.17, 15) is 9.59 Å². The SMILES string of the molecule is COc1ccc(C(=O)NC2CCN(C(=O)COc3ccc(C)cc3C(C)(C)C)CC2)cc1OC. The van der Waals surface area contributed by atoms with Crippen molar-refractivity contribution in [3.8, 4) is 17.2 Å². The number of nitrogens with one attached hydrogen (secondary N) is 1. The number of ether oxygens (including phenoxy) is 3. The second-order valence-electron chi connectivity index (χ2n) is 9.74. The van der Waals surface area contributed by atoms with Crippen molar-refractivity contribution in [2.24, 2.45) is 0 Å². The lowest BCUT2D eigenvalue weighted by Crippen LogP contribution is -2.47. The summed E-state index contributed by atoms with van der Waals surface area (Å²) in [6.07, 6.45) is 1.39. The van der Waals surface area contributed by atoms with E-state index < -0.39 is 0 Å². The van der Waals surface area contributed by atoms with Crippen molar-refractivity contribution in [3.05, 3.63) is 53.1 Å². The Morgan fingerprint density at radius 1 is 0.971 bits per heavy atom.